The highest BCUT2D eigenvalue weighted by Crippen LogP contribution is 2.18. The SMILES string of the molecule is CCC(C)N(CCC(N)=S)c1ccccc1. The van der Waals surface area contributed by atoms with Crippen molar-refractivity contribution in [2.45, 2.75) is 32.7 Å². The Morgan fingerprint density at radius 2 is 2.00 bits per heavy atom. The van der Waals surface area contributed by atoms with Gasteiger partial charge in [0.25, 0.3) is 0 Å². The zero-order valence-corrected chi connectivity index (χ0v) is 10.8. The summed E-state index contributed by atoms with van der Waals surface area (Å²) in [6.45, 7) is 5.32. The monoisotopic (exact) mass is 236 g/mol. The summed E-state index contributed by atoms with van der Waals surface area (Å²) in [6, 6.07) is 10.9. The second kappa shape index (κ2) is 6.48. The first-order valence-electron chi connectivity index (χ1n) is 5.75. The number of hydrogen-bond donors (Lipinski definition) is 1. The van der Waals surface area contributed by atoms with Crippen molar-refractivity contribution >= 4 is 22.9 Å². The van der Waals surface area contributed by atoms with Gasteiger partial charge in [0.05, 0.1) is 4.99 Å². The lowest BCUT2D eigenvalue weighted by Gasteiger charge is -2.30. The van der Waals surface area contributed by atoms with Gasteiger partial charge in [0.1, 0.15) is 0 Å². The van der Waals surface area contributed by atoms with Crippen molar-refractivity contribution in [3.05, 3.63) is 30.3 Å². The highest BCUT2D eigenvalue weighted by molar-refractivity contribution is 7.80. The number of para-hydroxylation sites is 1. The number of anilines is 1. The van der Waals surface area contributed by atoms with Crippen LogP contribution in [0.25, 0.3) is 0 Å². The first-order chi connectivity index (χ1) is 7.65. The molecule has 2 nitrogen and oxygen atoms in total. The lowest BCUT2D eigenvalue weighted by atomic mass is 10.1. The molecule has 1 aromatic carbocycles. The first-order valence-corrected chi connectivity index (χ1v) is 6.16. The van der Waals surface area contributed by atoms with Crippen molar-refractivity contribution in [3.8, 4) is 0 Å². The summed E-state index contributed by atoms with van der Waals surface area (Å²) >= 11 is 4.94. The number of hydrogen-bond acceptors (Lipinski definition) is 2. The fourth-order valence-corrected chi connectivity index (χ4v) is 1.77. The van der Waals surface area contributed by atoms with Gasteiger partial charge in [-0.15, -0.1) is 0 Å². The molecule has 0 aliphatic rings. The van der Waals surface area contributed by atoms with E-state index in [4.69, 9.17) is 18.0 Å². The number of nitrogens with two attached hydrogens (primary N) is 1. The third kappa shape index (κ3) is 3.81. The van der Waals surface area contributed by atoms with Crippen LogP contribution in [0, 0.1) is 0 Å². The number of benzene rings is 1. The maximum absolute atomic E-state index is 5.57. The van der Waals surface area contributed by atoms with Gasteiger partial charge in [-0.05, 0) is 25.5 Å². The Balaban J connectivity index is 2.75. The zero-order chi connectivity index (χ0) is 12.0. The summed E-state index contributed by atoms with van der Waals surface area (Å²) < 4.78 is 0. The van der Waals surface area contributed by atoms with Gasteiger partial charge < -0.3 is 10.6 Å². The maximum Gasteiger partial charge on any atom is 0.0745 e. The van der Waals surface area contributed by atoms with Gasteiger partial charge in [0.15, 0.2) is 0 Å². The predicted molar refractivity (Wildman–Crippen MR) is 74.9 cm³/mol. The van der Waals surface area contributed by atoms with E-state index in [9.17, 15) is 0 Å². The second-order valence-electron chi connectivity index (χ2n) is 4.00. The van der Waals surface area contributed by atoms with Crippen molar-refractivity contribution in [1.82, 2.24) is 0 Å². The van der Waals surface area contributed by atoms with E-state index in [1.807, 2.05) is 6.07 Å². The van der Waals surface area contributed by atoms with Crippen molar-refractivity contribution in [1.29, 1.82) is 0 Å². The lowest BCUT2D eigenvalue weighted by Crippen LogP contribution is -2.35. The average molecular weight is 236 g/mol. The van der Waals surface area contributed by atoms with Gasteiger partial charge in [0, 0.05) is 24.7 Å². The molecule has 1 aromatic rings. The summed E-state index contributed by atoms with van der Waals surface area (Å²) in [4.78, 5) is 2.95. The third-order valence-electron chi connectivity index (χ3n) is 2.81. The Labute approximate surface area is 103 Å². The van der Waals surface area contributed by atoms with Crippen LogP contribution in [0.2, 0.25) is 0 Å². The summed E-state index contributed by atoms with van der Waals surface area (Å²) in [6.07, 6.45) is 1.89. The Hall–Kier alpha value is -1.09. The summed E-state index contributed by atoms with van der Waals surface area (Å²) in [7, 11) is 0. The van der Waals surface area contributed by atoms with Gasteiger partial charge in [-0.3, -0.25) is 0 Å². The van der Waals surface area contributed by atoms with E-state index in [-0.39, 0.29) is 0 Å². The molecule has 16 heavy (non-hydrogen) atoms. The fourth-order valence-electron chi connectivity index (χ4n) is 1.67. The highest BCUT2D eigenvalue weighted by atomic mass is 32.1. The van der Waals surface area contributed by atoms with Gasteiger partial charge in [-0.2, -0.15) is 0 Å². The molecule has 0 aromatic heterocycles. The molecule has 1 atom stereocenters. The molecule has 1 rings (SSSR count). The van der Waals surface area contributed by atoms with Crippen LogP contribution in [0.15, 0.2) is 30.3 Å². The molecule has 0 heterocycles. The summed E-state index contributed by atoms with van der Waals surface area (Å²) in [5, 5.41) is 0. The molecular weight excluding hydrogens is 216 g/mol. The van der Waals surface area contributed by atoms with E-state index >= 15 is 0 Å². The molecule has 0 aliphatic carbocycles. The van der Waals surface area contributed by atoms with Crippen LogP contribution in [0.5, 0.6) is 0 Å². The molecule has 0 saturated carbocycles. The Kier molecular flexibility index (Phi) is 5.26. The molecule has 0 aliphatic heterocycles. The smallest absolute Gasteiger partial charge is 0.0745 e. The van der Waals surface area contributed by atoms with Gasteiger partial charge in [-0.1, -0.05) is 37.3 Å². The van der Waals surface area contributed by atoms with Crippen LogP contribution < -0.4 is 10.6 Å². The van der Waals surface area contributed by atoms with E-state index in [0.717, 1.165) is 19.4 Å². The summed E-state index contributed by atoms with van der Waals surface area (Å²) in [5.74, 6) is 0. The topological polar surface area (TPSA) is 29.3 Å². The van der Waals surface area contributed by atoms with E-state index in [1.54, 1.807) is 0 Å². The minimum Gasteiger partial charge on any atom is -0.393 e. The molecule has 0 bridgehead atoms. The first kappa shape index (κ1) is 13.0. The predicted octanol–water partition coefficient (Wildman–Crippen LogP) is 2.97. The molecule has 88 valence electrons. The molecule has 0 amide bonds. The van der Waals surface area contributed by atoms with Crippen LogP contribution >= 0.6 is 12.2 Å². The maximum atomic E-state index is 5.57. The molecule has 2 N–H and O–H groups in total. The van der Waals surface area contributed by atoms with Crippen LogP contribution in [0.4, 0.5) is 5.69 Å². The number of nitrogens with zero attached hydrogens (tertiary/aromatic N) is 1. The summed E-state index contributed by atoms with van der Waals surface area (Å²) in [5.41, 5.74) is 6.81. The molecule has 0 spiro atoms. The minimum atomic E-state index is 0.511. The van der Waals surface area contributed by atoms with Gasteiger partial charge in [0.2, 0.25) is 0 Å². The molecule has 0 radical (unpaired) electrons. The van der Waals surface area contributed by atoms with E-state index in [2.05, 4.69) is 43.0 Å². The Morgan fingerprint density at radius 1 is 1.38 bits per heavy atom. The largest absolute Gasteiger partial charge is 0.393 e. The van der Waals surface area contributed by atoms with Crippen molar-refractivity contribution in [2.24, 2.45) is 5.73 Å². The normalized spacial score (nSPS) is 12.1. The Bertz CT molecular complexity index is 324. The van der Waals surface area contributed by atoms with Gasteiger partial charge >= 0.3 is 0 Å². The van der Waals surface area contributed by atoms with Crippen LogP contribution in [-0.4, -0.2) is 17.6 Å². The second-order valence-corrected chi connectivity index (χ2v) is 4.53. The molecule has 0 saturated heterocycles. The van der Waals surface area contributed by atoms with E-state index in [0.29, 0.717) is 11.0 Å². The quantitative estimate of drug-likeness (QED) is 0.770. The lowest BCUT2D eigenvalue weighted by molar-refractivity contribution is 0.622. The minimum absolute atomic E-state index is 0.511. The van der Waals surface area contributed by atoms with Crippen LogP contribution in [0.1, 0.15) is 26.7 Å². The number of rotatable bonds is 6. The van der Waals surface area contributed by atoms with E-state index < -0.39 is 0 Å². The van der Waals surface area contributed by atoms with Crippen molar-refractivity contribution < 1.29 is 0 Å². The average Bonchev–Trinajstić information content (AvgIpc) is 2.30. The highest BCUT2D eigenvalue weighted by Gasteiger charge is 2.12. The Morgan fingerprint density at radius 3 is 2.50 bits per heavy atom. The molecule has 3 heteroatoms. The fraction of sp³-hybridized carbons (Fsp3) is 0.462. The molecular formula is C13H20N2S. The van der Waals surface area contributed by atoms with Crippen LogP contribution in [0.3, 0.4) is 0 Å². The van der Waals surface area contributed by atoms with Crippen LogP contribution in [-0.2, 0) is 0 Å². The van der Waals surface area contributed by atoms with Gasteiger partial charge in [-0.25, -0.2) is 0 Å². The van der Waals surface area contributed by atoms with Crippen molar-refractivity contribution in [3.63, 3.8) is 0 Å². The zero-order valence-electron chi connectivity index (χ0n) is 10.0. The molecule has 1 unspecified atom stereocenters. The number of thiocarbonyl (C=S) groups is 1. The van der Waals surface area contributed by atoms with Crippen molar-refractivity contribution in [2.75, 3.05) is 11.4 Å². The third-order valence-corrected chi connectivity index (χ3v) is 3.01. The molecule has 0 fully saturated rings. The van der Waals surface area contributed by atoms with E-state index in [1.165, 1.54) is 5.69 Å². The standard InChI is InChI=1S/C13H20N2S/c1-3-11(2)15(10-9-13(14)16)12-7-5-4-6-8-12/h4-8,11H,3,9-10H2,1-2H3,(H2,14,16).